The molecule has 2 heterocycles. The van der Waals surface area contributed by atoms with Crippen molar-refractivity contribution in [1.29, 1.82) is 0 Å². The van der Waals surface area contributed by atoms with Crippen molar-refractivity contribution in [2.75, 3.05) is 11.1 Å². The van der Waals surface area contributed by atoms with Crippen LogP contribution in [0, 0.1) is 6.92 Å². The van der Waals surface area contributed by atoms with Gasteiger partial charge < -0.3 is 11.1 Å². The Labute approximate surface area is 142 Å². The molecule has 0 saturated carbocycles. The van der Waals surface area contributed by atoms with E-state index in [0.717, 1.165) is 16.3 Å². The Morgan fingerprint density at radius 3 is 2.74 bits per heavy atom. The van der Waals surface area contributed by atoms with Crippen LogP contribution < -0.4 is 11.1 Å². The predicted molar refractivity (Wildman–Crippen MR) is 93.9 cm³/mol. The number of anilines is 2. The average Bonchev–Trinajstić information content (AvgIpc) is 2.92. The van der Waals surface area contributed by atoms with E-state index >= 15 is 0 Å². The highest BCUT2D eigenvalue weighted by molar-refractivity contribution is 7.19. The fraction of sp³-hybridized carbons (Fsp3) is 0.0625. The van der Waals surface area contributed by atoms with Crippen molar-refractivity contribution in [3.63, 3.8) is 0 Å². The first-order valence-electron chi connectivity index (χ1n) is 6.80. The van der Waals surface area contributed by atoms with Gasteiger partial charge >= 0.3 is 0 Å². The van der Waals surface area contributed by atoms with Crippen LogP contribution in [-0.2, 0) is 0 Å². The largest absolute Gasteiger partial charge is 0.382 e. The van der Waals surface area contributed by atoms with Gasteiger partial charge in [0.2, 0.25) is 0 Å². The number of aromatic nitrogens is 2. The molecule has 0 aliphatic carbocycles. The Bertz CT molecular complexity index is 864. The Morgan fingerprint density at radius 1 is 1.30 bits per heavy atom. The Balaban J connectivity index is 1.84. The second-order valence-corrected chi connectivity index (χ2v) is 6.25. The van der Waals surface area contributed by atoms with Gasteiger partial charge in [-0.2, -0.15) is 0 Å². The van der Waals surface area contributed by atoms with Gasteiger partial charge in [0.15, 0.2) is 0 Å². The van der Waals surface area contributed by atoms with Crippen LogP contribution in [-0.4, -0.2) is 15.9 Å². The van der Waals surface area contributed by atoms with Gasteiger partial charge in [-0.25, -0.2) is 9.97 Å². The van der Waals surface area contributed by atoms with E-state index in [1.807, 2.05) is 37.3 Å². The minimum absolute atomic E-state index is 0.198. The number of nitrogens with zero attached hydrogens (tertiary/aromatic N) is 2. The molecular weight excluding hydrogens is 332 g/mol. The number of halogens is 1. The van der Waals surface area contributed by atoms with E-state index in [9.17, 15) is 4.79 Å². The third-order valence-corrected chi connectivity index (χ3v) is 4.60. The van der Waals surface area contributed by atoms with Gasteiger partial charge in [0.05, 0.1) is 16.3 Å². The number of nitrogens with one attached hydrogen (secondary N) is 1. The van der Waals surface area contributed by atoms with Crippen molar-refractivity contribution in [1.82, 2.24) is 9.97 Å². The maximum atomic E-state index is 12.3. The summed E-state index contributed by atoms with van der Waals surface area (Å²) in [5.41, 5.74) is 7.67. The number of amides is 1. The first-order valence-corrected chi connectivity index (χ1v) is 7.99. The van der Waals surface area contributed by atoms with Crippen LogP contribution in [0.15, 0.2) is 42.6 Å². The molecule has 0 fully saturated rings. The normalized spacial score (nSPS) is 10.5. The number of hydrogen-bond donors (Lipinski definition) is 2. The molecule has 7 heteroatoms. The minimum Gasteiger partial charge on any atom is -0.382 e. The molecule has 5 nitrogen and oxygen atoms in total. The topological polar surface area (TPSA) is 80.9 Å². The highest BCUT2D eigenvalue weighted by atomic mass is 35.5. The lowest BCUT2D eigenvalue weighted by Gasteiger charge is -2.04. The number of hydrogen-bond acceptors (Lipinski definition) is 5. The maximum Gasteiger partial charge on any atom is 0.257 e. The molecule has 1 aromatic carbocycles. The summed E-state index contributed by atoms with van der Waals surface area (Å²) in [6.07, 6.45) is 1.39. The number of aryl methyl sites for hydroxylation is 1. The lowest BCUT2D eigenvalue weighted by atomic mass is 10.2. The van der Waals surface area contributed by atoms with Gasteiger partial charge in [-0.1, -0.05) is 53.3 Å². The Morgan fingerprint density at radius 2 is 2.04 bits per heavy atom. The van der Waals surface area contributed by atoms with Crippen LogP contribution in [0.1, 0.15) is 16.1 Å². The molecule has 23 heavy (non-hydrogen) atoms. The highest BCUT2D eigenvalue weighted by Gasteiger charge is 2.14. The van der Waals surface area contributed by atoms with Crippen molar-refractivity contribution in [2.24, 2.45) is 0 Å². The summed E-state index contributed by atoms with van der Waals surface area (Å²) in [7, 11) is 0. The van der Waals surface area contributed by atoms with Crippen molar-refractivity contribution in [3.8, 4) is 10.6 Å². The van der Waals surface area contributed by atoms with Crippen molar-refractivity contribution in [3.05, 3.63) is 58.9 Å². The van der Waals surface area contributed by atoms with Crippen LogP contribution in [0.25, 0.3) is 10.6 Å². The van der Waals surface area contributed by atoms with Gasteiger partial charge in [-0.15, -0.1) is 0 Å². The van der Waals surface area contributed by atoms with E-state index in [0.29, 0.717) is 10.6 Å². The van der Waals surface area contributed by atoms with E-state index in [4.69, 9.17) is 17.3 Å². The van der Waals surface area contributed by atoms with Gasteiger partial charge in [-0.3, -0.25) is 4.79 Å². The first kappa shape index (κ1) is 15.5. The summed E-state index contributed by atoms with van der Waals surface area (Å²) < 4.78 is 0. The molecule has 3 N–H and O–H groups in total. The number of benzene rings is 1. The van der Waals surface area contributed by atoms with E-state index in [-0.39, 0.29) is 16.7 Å². The fourth-order valence-corrected chi connectivity index (χ4v) is 3.10. The molecule has 0 saturated heterocycles. The monoisotopic (exact) mass is 344 g/mol. The zero-order valence-electron chi connectivity index (χ0n) is 12.2. The van der Waals surface area contributed by atoms with E-state index < -0.39 is 0 Å². The lowest BCUT2D eigenvalue weighted by Crippen LogP contribution is -2.12. The number of carbonyl (C=O) groups excluding carboxylic acids is 1. The third-order valence-electron chi connectivity index (χ3n) is 3.18. The molecule has 0 spiro atoms. The Kier molecular flexibility index (Phi) is 4.27. The molecule has 3 aromatic rings. The second-order valence-electron chi connectivity index (χ2n) is 4.84. The lowest BCUT2D eigenvalue weighted by molar-refractivity contribution is 0.102. The molecule has 0 bridgehead atoms. The summed E-state index contributed by atoms with van der Waals surface area (Å²) in [4.78, 5) is 20.7. The van der Waals surface area contributed by atoms with Crippen molar-refractivity contribution >= 4 is 39.7 Å². The molecule has 0 unspecified atom stereocenters. The highest BCUT2D eigenvalue weighted by Crippen LogP contribution is 2.32. The number of rotatable bonds is 3. The van der Waals surface area contributed by atoms with Crippen molar-refractivity contribution in [2.45, 2.75) is 6.92 Å². The number of pyridine rings is 1. The van der Waals surface area contributed by atoms with Crippen LogP contribution in [0.4, 0.5) is 10.8 Å². The molecule has 0 aliphatic rings. The van der Waals surface area contributed by atoms with E-state index in [1.165, 1.54) is 23.6 Å². The fourth-order valence-electron chi connectivity index (χ4n) is 1.96. The third kappa shape index (κ3) is 3.33. The minimum atomic E-state index is -0.300. The second kappa shape index (κ2) is 6.36. The maximum absolute atomic E-state index is 12.3. The van der Waals surface area contributed by atoms with Gasteiger partial charge in [0, 0.05) is 11.8 Å². The van der Waals surface area contributed by atoms with Crippen molar-refractivity contribution < 1.29 is 4.79 Å². The van der Waals surface area contributed by atoms with Gasteiger partial charge in [-0.05, 0) is 13.0 Å². The SMILES string of the molecule is Cc1nc(-c2ccccc2)sc1NC(=O)c1cnc(N)c(Cl)c1. The number of thiazole rings is 1. The van der Waals surface area contributed by atoms with Gasteiger partial charge in [0.1, 0.15) is 15.8 Å². The van der Waals surface area contributed by atoms with E-state index in [1.54, 1.807) is 0 Å². The summed E-state index contributed by atoms with van der Waals surface area (Å²) in [5.74, 6) is -0.102. The standard InChI is InChI=1S/C16H13ClN4OS/c1-9-15(23-16(20-9)10-5-3-2-4-6-10)21-14(22)11-7-12(17)13(18)19-8-11/h2-8H,1H3,(H2,18,19)(H,21,22). The van der Waals surface area contributed by atoms with Crippen LogP contribution >= 0.6 is 22.9 Å². The number of nitrogens with two attached hydrogens (primary N) is 1. The summed E-state index contributed by atoms with van der Waals surface area (Å²) in [6, 6.07) is 11.3. The zero-order valence-corrected chi connectivity index (χ0v) is 13.8. The van der Waals surface area contributed by atoms with Crippen LogP contribution in [0.3, 0.4) is 0 Å². The molecule has 0 radical (unpaired) electrons. The Hall–Kier alpha value is -2.44. The molecule has 0 aliphatic heterocycles. The number of nitrogen functional groups attached to an aromatic ring is 1. The molecule has 2 aromatic heterocycles. The first-order chi connectivity index (χ1) is 11.0. The molecule has 0 atom stereocenters. The number of carbonyl (C=O) groups is 1. The molecule has 116 valence electrons. The summed E-state index contributed by atoms with van der Waals surface area (Å²) >= 11 is 7.32. The summed E-state index contributed by atoms with van der Waals surface area (Å²) in [6.45, 7) is 1.85. The molecule has 1 amide bonds. The molecular formula is C16H13ClN4OS. The predicted octanol–water partition coefficient (Wildman–Crippen LogP) is 4.00. The summed E-state index contributed by atoms with van der Waals surface area (Å²) in [5, 5.41) is 4.64. The molecule has 3 rings (SSSR count). The average molecular weight is 345 g/mol. The van der Waals surface area contributed by atoms with Crippen LogP contribution in [0.5, 0.6) is 0 Å². The zero-order chi connectivity index (χ0) is 16.4. The quantitative estimate of drug-likeness (QED) is 0.752. The van der Waals surface area contributed by atoms with Gasteiger partial charge in [0.25, 0.3) is 5.91 Å². The van der Waals surface area contributed by atoms with Crippen LogP contribution in [0.2, 0.25) is 5.02 Å². The van der Waals surface area contributed by atoms with E-state index in [2.05, 4.69) is 15.3 Å². The smallest absolute Gasteiger partial charge is 0.257 e.